The summed E-state index contributed by atoms with van der Waals surface area (Å²) < 4.78 is 0. The molecule has 17 heavy (non-hydrogen) atoms. The third-order valence-corrected chi connectivity index (χ3v) is 7.44. The number of hydrogen-bond donors (Lipinski definition) is 1. The van der Waals surface area contributed by atoms with Gasteiger partial charge in [-0.1, -0.05) is 27.7 Å². The zero-order valence-electron chi connectivity index (χ0n) is 11.9. The maximum absolute atomic E-state index is 9.41. The molecular formula is C16H28O. The van der Waals surface area contributed by atoms with Gasteiger partial charge in [-0.05, 0) is 66.1 Å². The Morgan fingerprint density at radius 3 is 2.18 bits per heavy atom. The summed E-state index contributed by atoms with van der Waals surface area (Å²) in [5.74, 6) is 2.71. The maximum atomic E-state index is 9.41. The van der Waals surface area contributed by atoms with Crippen molar-refractivity contribution in [1.82, 2.24) is 0 Å². The molecule has 98 valence electrons. The van der Waals surface area contributed by atoms with E-state index in [1.807, 2.05) is 0 Å². The Morgan fingerprint density at radius 2 is 1.82 bits per heavy atom. The summed E-state index contributed by atoms with van der Waals surface area (Å²) in [4.78, 5) is 0. The normalized spacial score (nSPS) is 55.2. The van der Waals surface area contributed by atoms with Crippen LogP contribution in [-0.2, 0) is 0 Å². The Kier molecular flexibility index (Phi) is 2.32. The molecule has 1 nitrogen and oxygen atoms in total. The molecule has 1 heteroatoms. The van der Waals surface area contributed by atoms with Crippen molar-refractivity contribution in [2.75, 3.05) is 6.61 Å². The summed E-state index contributed by atoms with van der Waals surface area (Å²) in [5.41, 5.74) is 1.43. The van der Waals surface area contributed by atoms with Crippen LogP contribution in [0.15, 0.2) is 0 Å². The Morgan fingerprint density at radius 1 is 1.12 bits per heavy atom. The minimum Gasteiger partial charge on any atom is -0.396 e. The van der Waals surface area contributed by atoms with Crippen LogP contribution >= 0.6 is 0 Å². The van der Waals surface area contributed by atoms with Gasteiger partial charge in [0, 0.05) is 6.61 Å². The van der Waals surface area contributed by atoms with E-state index < -0.39 is 0 Å². The topological polar surface area (TPSA) is 20.2 Å². The summed E-state index contributed by atoms with van der Waals surface area (Å²) in [7, 11) is 0. The molecule has 3 aliphatic rings. The number of fused-ring (bicyclic) bond motifs is 1. The molecule has 3 fully saturated rings. The molecule has 3 rings (SSSR count). The van der Waals surface area contributed by atoms with E-state index in [1.54, 1.807) is 0 Å². The molecule has 4 unspecified atom stereocenters. The summed E-state index contributed by atoms with van der Waals surface area (Å²) in [6.07, 6.45) is 7.01. The number of aliphatic hydroxyl groups excluding tert-OH is 1. The third-order valence-electron chi connectivity index (χ3n) is 7.44. The molecule has 0 spiro atoms. The predicted molar refractivity (Wildman–Crippen MR) is 70.6 cm³/mol. The summed E-state index contributed by atoms with van der Waals surface area (Å²) >= 11 is 0. The summed E-state index contributed by atoms with van der Waals surface area (Å²) in [6, 6.07) is 0. The molecule has 3 aliphatic carbocycles. The van der Waals surface area contributed by atoms with Crippen LogP contribution in [0.3, 0.4) is 0 Å². The largest absolute Gasteiger partial charge is 0.396 e. The van der Waals surface area contributed by atoms with Gasteiger partial charge >= 0.3 is 0 Å². The molecule has 0 heterocycles. The zero-order valence-corrected chi connectivity index (χ0v) is 11.9. The number of hydrogen-bond acceptors (Lipinski definition) is 1. The molecular weight excluding hydrogens is 208 g/mol. The maximum Gasteiger partial charge on any atom is 0.0487 e. The van der Waals surface area contributed by atoms with Crippen LogP contribution in [0.4, 0.5) is 0 Å². The highest BCUT2D eigenvalue weighted by Gasteiger charge is 2.62. The van der Waals surface area contributed by atoms with Crippen molar-refractivity contribution in [3.05, 3.63) is 0 Å². The number of aliphatic hydroxyl groups is 1. The van der Waals surface area contributed by atoms with Crippen LogP contribution in [0, 0.1) is 34.0 Å². The lowest BCUT2D eigenvalue weighted by Gasteiger charge is -2.51. The molecule has 0 saturated heterocycles. The first-order valence-electron chi connectivity index (χ1n) is 7.44. The lowest BCUT2D eigenvalue weighted by Crippen LogP contribution is -2.43. The third kappa shape index (κ3) is 1.41. The smallest absolute Gasteiger partial charge is 0.0487 e. The van der Waals surface area contributed by atoms with Crippen molar-refractivity contribution in [1.29, 1.82) is 0 Å². The van der Waals surface area contributed by atoms with Gasteiger partial charge in [-0.2, -0.15) is 0 Å². The van der Waals surface area contributed by atoms with Gasteiger partial charge in [-0.3, -0.25) is 0 Å². The first-order valence-corrected chi connectivity index (χ1v) is 7.44. The van der Waals surface area contributed by atoms with Crippen LogP contribution in [0.1, 0.15) is 59.8 Å². The van der Waals surface area contributed by atoms with Gasteiger partial charge in [0.2, 0.25) is 0 Å². The van der Waals surface area contributed by atoms with Crippen LogP contribution in [-0.4, -0.2) is 11.7 Å². The monoisotopic (exact) mass is 236 g/mol. The van der Waals surface area contributed by atoms with Crippen molar-refractivity contribution >= 4 is 0 Å². The molecule has 0 aromatic heterocycles. The van der Waals surface area contributed by atoms with Crippen molar-refractivity contribution in [2.24, 2.45) is 34.0 Å². The van der Waals surface area contributed by atoms with Crippen molar-refractivity contribution in [2.45, 2.75) is 59.8 Å². The van der Waals surface area contributed by atoms with E-state index in [-0.39, 0.29) is 5.41 Å². The fourth-order valence-corrected chi connectivity index (χ4v) is 4.91. The van der Waals surface area contributed by atoms with Gasteiger partial charge in [0.1, 0.15) is 0 Å². The summed E-state index contributed by atoms with van der Waals surface area (Å²) in [5, 5.41) is 9.41. The fourth-order valence-electron chi connectivity index (χ4n) is 4.91. The molecule has 0 radical (unpaired) electrons. The Hall–Kier alpha value is -0.0400. The lowest BCUT2D eigenvalue weighted by molar-refractivity contribution is -0.0230. The van der Waals surface area contributed by atoms with Crippen LogP contribution in [0.5, 0.6) is 0 Å². The van der Waals surface area contributed by atoms with E-state index in [2.05, 4.69) is 27.7 Å². The molecule has 0 bridgehead atoms. The molecule has 3 saturated carbocycles. The Balaban J connectivity index is 1.70. The molecule has 0 aromatic rings. The second kappa shape index (κ2) is 3.29. The van der Waals surface area contributed by atoms with Crippen molar-refractivity contribution in [3.63, 3.8) is 0 Å². The first-order chi connectivity index (χ1) is 7.83. The molecule has 0 aliphatic heterocycles. The molecule has 0 amide bonds. The Labute approximate surface area is 106 Å². The minimum atomic E-state index is 0.276. The second-order valence-corrected chi connectivity index (χ2v) is 8.26. The highest BCUT2D eigenvalue weighted by molar-refractivity contribution is 5.12. The van der Waals surface area contributed by atoms with E-state index in [9.17, 15) is 5.11 Å². The van der Waals surface area contributed by atoms with Gasteiger partial charge in [0.05, 0.1) is 0 Å². The van der Waals surface area contributed by atoms with Gasteiger partial charge in [-0.25, -0.2) is 0 Å². The van der Waals surface area contributed by atoms with Crippen LogP contribution in [0.2, 0.25) is 0 Å². The van der Waals surface area contributed by atoms with E-state index in [4.69, 9.17) is 0 Å². The minimum absolute atomic E-state index is 0.276. The second-order valence-electron chi connectivity index (χ2n) is 8.26. The lowest BCUT2D eigenvalue weighted by atomic mass is 9.53. The average Bonchev–Trinajstić information content (AvgIpc) is 2.89. The quantitative estimate of drug-likeness (QED) is 0.789. The van der Waals surface area contributed by atoms with E-state index in [1.165, 1.54) is 32.1 Å². The van der Waals surface area contributed by atoms with Gasteiger partial charge in [-0.15, -0.1) is 0 Å². The predicted octanol–water partition coefficient (Wildman–Crippen LogP) is 3.86. The average molecular weight is 236 g/mol. The molecule has 1 N–H and O–H groups in total. The SMILES string of the molecule is CC1(CO)CC1CC1CC2CC[C@]2(C)C1(C)C. The van der Waals surface area contributed by atoms with Gasteiger partial charge < -0.3 is 5.11 Å². The van der Waals surface area contributed by atoms with Crippen molar-refractivity contribution < 1.29 is 5.11 Å². The highest BCUT2D eigenvalue weighted by atomic mass is 16.3. The zero-order chi connectivity index (χ0) is 12.5. The van der Waals surface area contributed by atoms with Gasteiger partial charge in [0.15, 0.2) is 0 Å². The first kappa shape index (κ1) is 12.0. The van der Waals surface area contributed by atoms with E-state index >= 15 is 0 Å². The summed E-state index contributed by atoms with van der Waals surface area (Å²) in [6.45, 7) is 10.2. The van der Waals surface area contributed by atoms with E-state index in [0.29, 0.717) is 17.4 Å². The van der Waals surface area contributed by atoms with Gasteiger partial charge in [0.25, 0.3) is 0 Å². The van der Waals surface area contributed by atoms with Crippen molar-refractivity contribution in [3.8, 4) is 0 Å². The highest BCUT2D eigenvalue weighted by Crippen LogP contribution is 2.71. The Bertz CT molecular complexity index is 334. The van der Waals surface area contributed by atoms with Crippen LogP contribution < -0.4 is 0 Å². The fraction of sp³-hybridized carbons (Fsp3) is 1.00. The van der Waals surface area contributed by atoms with Crippen LogP contribution in [0.25, 0.3) is 0 Å². The number of rotatable bonds is 3. The van der Waals surface area contributed by atoms with E-state index in [0.717, 1.165) is 17.8 Å². The molecule has 5 atom stereocenters. The standard InChI is InChI=1S/C16H28O/c1-14(2)12(7-11-5-6-16(11,14)4)8-13-9-15(13,3)10-17/h11-13,17H,5-10H2,1-4H3/t11?,12?,13?,15?,16-/m0/s1. The molecule has 0 aromatic carbocycles.